The Balaban J connectivity index is 1.99. The van der Waals surface area contributed by atoms with Crippen molar-refractivity contribution < 1.29 is 28.7 Å². The maximum atomic E-state index is 13.0. The molecule has 168 valence electrons. The highest BCUT2D eigenvalue weighted by Crippen LogP contribution is 2.43. The van der Waals surface area contributed by atoms with Crippen molar-refractivity contribution >= 4 is 34.3 Å². The zero-order chi connectivity index (χ0) is 24.2. The summed E-state index contributed by atoms with van der Waals surface area (Å²) in [7, 11) is 0. The Hall–Kier alpha value is -4.58. The molecule has 0 atom stereocenters. The predicted molar refractivity (Wildman–Crippen MR) is 127 cm³/mol. The first kappa shape index (κ1) is 22.6. The molecule has 0 spiro atoms. The van der Waals surface area contributed by atoms with E-state index in [4.69, 9.17) is 9.47 Å². The minimum Gasteiger partial charge on any atom is -0.418 e. The summed E-state index contributed by atoms with van der Waals surface area (Å²) < 4.78 is 11.3. The Morgan fingerprint density at radius 2 is 0.824 bits per heavy atom. The van der Waals surface area contributed by atoms with Crippen LogP contribution in [0.15, 0.2) is 84.9 Å². The lowest BCUT2D eigenvalue weighted by Crippen LogP contribution is -2.17. The third kappa shape index (κ3) is 4.34. The molecule has 0 radical (unpaired) electrons. The fraction of sp³-hybridized carbons (Fsp3) is 0.0714. The summed E-state index contributed by atoms with van der Waals surface area (Å²) in [5.41, 5.74) is 0.547. The maximum absolute atomic E-state index is 13.0. The normalized spacial score (nSPS) is 10.5. The number of rotatable bonds is 6. The molecule has 0 N–H and O–H groups in total. The minimum absolute atomic E-state index is 0.0424. The molecule has 4 rings (SSSR count). The first-order valence-corrected chi connectivity index (χ1v) is 10.5. The third-order valence-corrected chi connectivity index (χ3v) is 5.24. The summed E-state index contributed by atoms with van der Waals surface area (Å²) in [6.07, 6.45) is 0. The Bertz CT molecular complexity index is 1310. The highest BCUT2D eigenvalue weighted by atomic mass is 16.6. The van der Waals surface area contributed by atoms with Crippen molar-refractivity contribution in [1.82, 2.24) is 0 Å². The number of benzene rings is 4. The Kier molecular flexibility index (Phi) is 6.32. The van der Waals surface area contributed by atoms with E-state index in [1.54, 1.807) is 84.9 Å². The van der Waals surface area contributed by atoms with Crippen LogP contribution in [0.2, 0.25) is 0 Å². The Morgan fingerprint density at radius 3 is 1.15 bits per heavy atom. The van der Waals surface area contributed by atoms with Crippen molar-refractivity contribution in [2.24, 2.45) is 0 Å². The van der Waals surface area contributed by atoms with Gasteiger partial charge in [-0.25, -0.2) is 9.59 Å². The van der Waals surface area contributed by atoms with E-state index >= 15 is 0 Å². The topological polar surface area (TPSA) is 86.7 Å². The molecular formula is C28H20O6. The van der Waals surface area contributed by atoms with Crippen LogP contribution in [0, 0.1) is 0 Å². The van der Waals surface area contributed by atoms with Crippen LogP contribution < -0.4 is 9.47 Å². The van der Waals surface area contributed by atoms with Crippen LogP contribution >= 0.6 is 0 Å². The van der Waals surface area contributed by atoms with Gasteiger partial charge in [-0.15, -0.1) is 0 Å². The molecule has 0 aliphatic heterocycles. The summed E-state index contributed by atoms with van der Waals surface area (Å²) >= 11 is 0. The largest absolute Gasteiger partial charge is 0.418 e. The fourth-order valence-electron chi connectivity index (χ4n) is 3.74. The second kappa shape index (κ2) is 9.50. The molecule has 0 aromatic heterocycles. The average molecular weight is 452 g/mol. The molecule has 0 bridgehead atoms. The molecule has 6 nitrogen and oxygen atoms in total. The van der Waals surface area contributed by atoms with E-state index < -0.39 is 23.5 Å². The first-order chi connectivity index (χ1) is 16.4. The predicted octanol–water partition coefficient (Wildman–Crippen LogP) is 5.68. The minimum atomic E-state index is -0.759. The molecule has 0 fully saturated rings. The average Bonchev–Trinajstić information content (AvgIpc) is 2.84. The highest BCUT2D eigenvalue weighted by Gasteiger charge is 2.30. The van der Waals surface area contributed by atoms with Gasteiger partial charge in [-0.3, -0.25) is 9.59 Å². The number of Topliss-reactive ketones (excluding diaryl/α,β-unsaturated/α-hetero) is 2. The summed E-state index contributed by atoms with van der Waals surface area (Å²) in [6.45, 7) is 2.63. The molecule has 4 aromatic rings. The Labute approximate surface area is 195 Å². The number of esters is 2. The molecule has 0 amide bonds. The van der Waals surface area contributed by atoms with Crippen LogP contribution in [0.1, 0.15) is 55.3 Å². The van der Waals surface area contributed by atoms with E-state index in [1.807, 2.05) is 0 Å². The van der Waals surface area contributed by atoms with Crippen LogP contribution in [0.25, 0.3) is 10.8 Å². The van der Waals surface area contributed by atoms with Crippen LogP contribution in [0.3, 0.4) is 0 Å². The van der Waals surface area contributed by atoms with Gasteiger partial charge in [-0.2, -0.15) is 0 Å². The molecule has 0 unspecified atom stereocenters. The van der Waals surface area contributed by atoms with Crippen LogP contribution in [0.5, 0.6) is 11.5 Å². The number of ether oxygens (including phenoxy) is 2. The number of ketones is 2. The SMILES string of the molecule is CC(=O)c1c(OC(=O)c2ccccc2)c(OC(=O)c2ccccc2)c(C(C)=O)c2ccccc12. The second-order valence-electron chi connectivity index (χ2n) is 7.58. The van der Waals surface area contributed by atoms with Crippen molar-refractivity contribution in [2.75, 3.05) is 0 Å². The van der Waals surface area contributed by atoms with Crippen LogP contribution in [-0.2, 0) is 0 Å². The molecular weight excluding hydrogens is 432 g/mol. The van der Waals surface area contributed by atoms with Gasteiger partial charge >= 0.3 is 11.9 Å². The molecule has 0 aliphatic carbocycles. The van der Waals surface area contributed by atoms with Crippen molar-refractivity contribution in [3.05, 3.63) is 107 Å². The number of hydrogen-bond donors (Lipinski definition) is 0. The van der Waals surface area contributed by atoms with Gasteiger partial charge in [0.2, 0.25) is 0 Å². The smallest absolute Gasteiger partial charge is 0.343 e. The van der Waals surface area contributed by atoms with Crippen LogP contribution in [0.4, 0.5) is 0 Å². The van der Waals surface area contributed by atoms with Gasteiger partial charge in [0, 0.05) is 0 Å². The van der Waals surface area contributed by atoms with E-state index in [-0.39, 0.29) is 33.8 Å². The summed E-state index contributed by atoms with van der Waals surface area (Å²) in [4.78, 5) is 51.5. The highest BCUT2D eigenvalue weighted by molar-refractivity contribution is 6.19. The monoisotopic (exact) mass is 452 g/mol. The summed E-state index contributed by atoms with van der Waals surface area (Å²) in [5.74, 6) is -2.89. The zero-order valence-corrected chi connectivity index (χ0v) is 18.5. The molecule has 34 heavy (non-hydrogen) atoms. The molecule has 0 saturated heterocycles. The van der Waals surface area contributed by atoms with Gasteiger partial charge in [-0.05, 0) is 48.9 Å². The van der Waals surface area contributed by atoms with Gasteiger partial charge in [0.25, 0.3) is 0 Å². The summed E-state index contributed by atoms with van der Waals surface area (Å²) in [5, 5.41) is 0.825. The van der Waals surface area contributed by atoms with Gasteiger partial charge < -0.3 is 9.47 Å². The van der Waals surface area contributed by atoms with Gasteiger partial charge in [0.05, 0.1) is 22.3 Å². The number of hydrogen-bond acceptors (Lipinski definition) is 6. The third-order valence-electron chi connectivity index (χ3n) is 5.24. The maximum Gasteiger partial charge on any atom is 0.343 e. The van der Waals surface area contributed by atoms with E-state index in [0.29, 0.717) is 10.8 Å². The molecule has 0 saturated carbocycles. The van der Waals surface area contributed by atoms with Gasteiger partial charge in [-0.1, -0.05) is 60.7 Å². The standard InChI is InChI=1S/C28H20O6/c1-17(29)23-21-15-9-10-16-22(21)24(18(2)30)26(34-28(32)20-13-7-4-8-14-20)25(23)33-27(31)19-11-5-3-6-12-19/h3-16H,1-2H3. The Morgan fingerprint density at radius 1 is 0.500 bits per heavy atom. The van der Waals surface area contributed by atoms with Gasteiger partial charge in [0.1, 0.15) is 0 Å². The second-order valence-corrected chi connectivity index (χ2v) is 7.58. The summed E-state index contributed by atoms with van der Waals surface area (Å²) in [6, 6.07) is 23.1. The molecule has 0 heterocycles. The lowest BCUT2D eigenvalue weighted by Gasteiger charge is -2.19. The first-order valence-electron chi connectivity index (χ1n) is 10.5. The number of carbonyl (C=O) groups excluding carboxylic acids is 4. The van der Waals surface area contributed by atoms with E-state index in [9.17, 15) is 19.2 Å². The van der Waals surface area contributed by atoms with E-state index in [1.165, 1.54) is 13.8 Å². The number of carbonyl (C=O) groups is 4. The molecule has 4 aromatic carbocycles. The molecule has 0 aliphatic rings. The lowest BCUT2D eigenvalue weighted by atomic mass is 9.93. The van der Waals surface area contributed by atoms with E-state index in [0.717, 1.165) is 0 Å². The van der Waals surface area contributed by atoms with Crippen molar-refractivity contribution in [2.45, 2.75) is 13.8 Å². The quantitative estimate of drug-likeness (QED) is 0.212. The van der Waals surface area contributed by atoms with Crippen LogP contribution in [-0.4, -0.2) is 23.5 Å². The lowest BCUT2D eigenvalue weighted by molar-refractivity contribution is 0.0677. The van der Waals surface area contributed by atoms with Crippen molar-refractivity contribution in [3.63, 3.8) is 0 Å². The fourth-order valence-corrected chi connectivity index (χ4v) is 3.74. The molecule has 6 heteroatoms. The van der Waals surface area contributed by atoms with E-state index in [2.05, 4.69) is 0 Å². The van der Waals surface area contributed by atoms with Gasteiger partial charge in [0.15, 0.2) is 23.1 Å². The van der Waals surface area contributed by atoms with Crippen molar-refractivity contribution in [1.29, 1.82) is 0 Å². The number of fused-ring (bicyclic) bond motifs is 1. The van der Waals surface area contributed by atoms with Crippen molar-refractivity contribution in [3.8, 4) is 11.5 Å². The zero-order valence-electron chi connectivity index (χ0n) is 18.5.